The van der Waals surface area contributed by atoms with Gasteiger partial charge in [0.05, 0.1) is 16.9 Å². The van der Waals surface area contributed by atoms with E-state index >= 15 is 0 Å². The smallest absolute Gasteiger partial charge is 0.341 e. The largest absolute Gasteiger partial charge is 0.489 e. The van der Waals surface area contributed by atoms with Crippen LogP contribution in [0.5, 0.6) is 5.75 Å². The number of anilines is 1. The summed E-state index contributed by atoms with van der Waals surface area (Å²) in [5.41, 5.74) is 7.89. The molecule has 0 atom stereocenters. The molecule has 31 heavy (non-hydrogen) atoms. The Bertz CT molecular complexity index is 1110. The first-order valence-electron chi connectivity index (χ1n) is 10.4. The number of ether oxygens (including phenoxy) is 2. The van der Waals surface area contributed by atoms with Crippen molar-refractivity contribution in [3.8, 4) is 5.75 Å². The molecule has 0 radical (unpaired) electrons. The zero-order chi connectivity index (χ0) is 21.8. The summed E-state index contributed by atoms with van der Waals surface area (Å²) in [4.78, 5) is 28.9. The van der Waals surface area contributed by atoms with E-state index in [1.165, 1.54) is 30.4 Å². The van der Waals surface area contributed by atoms with Crippen molar-refractivity contribution < 1.29 is 19.1 Å². The Hall–Kier alpha value is -3.13. The summed E-state index contributed by atoms with van der Waals surface area (Å²) in [5.74, 6) is 0.431. The van der Waals surface area contributed by atoms with E-state index in [-0.39, 0.29) is 25.2 Å². The maximum absolute atomic E-state index is 12.5. The van der Waals surface area contributed by atoms with Crippen molar-refractivity contribution in [2.24, 2.45) is 0 Å². The van der Waals surface area contributed by atoms with Crippen LogP contribution in [0.3, 0.4) is 0 Å². The topological polar surface area (TPSA) is 104 Å². The van der Waals surface area contributed by atoms with Gasteiger partial charge in [-0.1, -0.05) is 18.9 Å². The lowest BCUT2D eigenvalue weighted by atomic mass is 10.1. The molecule has 1 aliphatic rings. The molecule has 1 saturated carbocycles. The number of aromatic nitrogens is 1. The molecule has 3 aromatic rings. The third kappa shape index (κ3) is 4.64. The van der Waals surface area contributed by atoms with Crippen LogP contribution in [0.15, 0.2) is 35.8 Å². The number of rotatable bonds is 7. The van der Waals surface area contributed by atoms with Gasteiger partial charge in [0.15, 0.2) is 0 Å². The third-order valence-electron chi connectivity index (χ3n) is 5.38. The second-order valence-corrected chi connectivity index (χ2v) is 8.39. The van der Waals surface area contributed by atoms with Crippen molar-refractivity contribution in [1.29, 1.82) is 0 Å². The maximum atomic E-state index is 12.5. The second-order valence-electron chi connectivity index (χ2n) is 7.51. The minimum atomic E-state index is -0.421. The standard InChI is InChI=1S/C23H25N3O4S/c1-2-29-23(28)18-11-25-21(24)19-15(13-31-20(18)19)12-30-17-9-5-6-14(10-17)22(27)26-16-7-3-4-8-16/h5-6,9-11,13,16H,2-4,7-8,12H2,1H3,(H2,24,25)(H,26,27). The molecule has 4 rings (SSSR count). The molecule has 3 N–H and O–H groups in total. The van der Waals surface area contributed by atoms with Crippen molar-refractivity contribution in [1.82, 2.24) is 10.3 Å². The SMILES string of the molecule is CCOC(=O)c1cnc(N)c2c(COc3cccc(C(=O)NC4CCCC4)c3)csc12. The Kier molecular flexibility index (Phi) is 6.36. The number of esters is 1. The lowest BCUT2D eigenvalue weighted by Crippen LogP contribution is -2.32. The van der Waals surface area contributed by atoms with Gasteiger partial charge in [0, 0.05) is 28.8 Å². The number of amides is 1. The highest BCUT2D eigenvalue weighted by molar-refractivity contribution is 7.17. The van der Waals surface area contributed by atoms with Gasteiger partial charge >= 0.3 is 5.97 Å². The van der Waals surface area contributed by atoms with Crippen LogP contribution in [-0.2, 0) is 11.3 Å². The van der Waals surface area contributed by atoms with Crippen LogP contribution in [0.4, 0.5) is 5.82 Å². The van der Waals surface area contributed by atoms with Gasteiger partial charge in [-0.25, -0.2) is 9.78 Å². The number of hydrogen-bond acceptors (Lipinski definition) is 7. The highest BCUT2D eigenvalue weighted by Crippen LogP contribution is 2.33. The number of fused-ring (bicyclic) bond motifs is 1. The Labute approximate surface area is 184 Å². The van der Waals surface area contributed by atoms with Crippen LogP contribution in [0, 0.1) is 0 Å². The Balaban J connectivity index is 1.50. The van der Waals surface area contributed by atoms with Crippen molar-refractivity contribution in [2.45, 2.75) is 45.3 Å². The third-order valence-corrected chi connectivity index (χ3v) is 6.44. The zero-order valence-corrected chi connectivity index (χ0v) is 18.2. The summed E-state index contributed by atoms with van der Waals surface area (Å²) in [6, 6.07) is 7.40. The van der Waals surface area contributed by atoms with E-state index in [4.69, 9.17) is 15.2 Å². The molecule has 162 valence electrons. The Morgan fingerprint density at radius 2 is 2.10 bits per heavy atom. The number of benzene rings is 1. The molecule has 7 nitrogen and oxygen atoms in total. The molecule has 8 heteroatoms. The molecule has 0 bridgehead atoms. The van der Waals surface area contributed by atoms with Crippen molar-refractivity contribution >= 4 is 39.1 Å². The number of pyridine rings is 1. The van der Waals surface area contributed by atoms with Crippen LogP contribution < -0.4 is 15.8 Å². The van der Waals surface area contributed by atoms with Crippen molar-refractivity contribution in [3.63, 3.8) is 0 Å². The highest BCUT2D eigenvalue weighted by Gasteiger charge is 2.20. The van der Waals surface area contributed by atoms with E-state index < -0.39 is 5.97 Å². The molecular formula is C23H25N3O4S. The van der Waals surface area contributed by atoms with Crippen LogP contribution in [0.2, 0.25) is 0 Å². The number of hydrogen-bond donors (Lipinski definition) is 2. The average molecular weight is 440 g/mol. The first kappa shape index (κ1) is 21.1. The highest BCUT2D eigenvalue weighted by atomic mass is 32.1. The normalized spacial score (nSPS) is 14.0. The zero-order valence-electron chi connectivity index (χ0n) is 17.3. The summed E-state index contributed by atoms with van der Waals surface area (Å²) in [6.45, 7) is 2.29. The van der Waals surface area contributed by atoms with E-state index in [2.05, 4.69) is 10.3 Å². The Morgan fingerprint density at radius 3 is 2.87 bits per heavy atom. The van der Waals surface area contributed by atoms with Gasteiger partial charge < -0.3 is 20.5 Å². The summed E-state index contributed by atoms with van der Waals surface area (Å²) >= 11 is 1.40. The van der Waals surface area contributed by atoms with Crippen LogP contribution in [-0.4, -0.2) is 29.5 Å². The minimum Gasteiger partial charge on any atom is -0.489 e. The van der Waals surface area contributed by atoms with Gasteiger partial charge in [-0.2, -0.15) is 0 Å². The molecule has 1 aromatic carbocycles. The number of carbonyl (C=O) groups is 2. The van der Waals surface area contributed by atoms with Gasteiger partial charge in [-0.05, 0) is 43.3 Å². The first-order chi connectivity index (χ1) is 15.1. The maximum Gasteiger partial charge on any atom is 0.341 e. The monoisotopic (exact) mass is 439 g/mol. The fourth-order valence-electron chi connectivity index (χ4n) is 3.82. The van der Waals surface area contributed by atoms with E-state index in [0.717, 1.165) is 23.1 Å². The summed E-state index contributed by atoms with van der Waals surface area (Å²) in [7, 11) is 0. The molecule has 0 spiro atoms. The van der Waals surface area contributed by atoms with Crippen LogP contribution in [0.1, 0.15) is 58.9 Å². The van der Waals surface area contributed by atoms with E-state index in [1.54, 1.807) is 25.1 Å². The molecule has 0 saturated heterocycles. The number of nitrogens with two attached hydrogens (primary N) is 1. The predicted molar refractivity (Wildman–Crippen MR) is 120 cm³/mol. The van der Waals surface area contributed by atoms with E-state index in [0.29, 0.717) is 28.1 Å². The molecule has 0 aliphatic heterocycles. The van der Waals surface area contributed by atoms with Gasteiger partial charge in [0.1, 0.15) is 18.2 Å². The molecule has 1 amide bonds. The number of nitrogen functional groups attached to an aromatic ring is 1. The first-order valence-corrected chi connectivity index (χ1v) is 11.3. The van der Waals surface area contributed by atoms with Gasteiger partial charge in [0.2, 0.25) is 0 Å². The number of thiophene rings is 1. The lowest BCUT2D eigenvalue weighted by molar-refractivity contribution is 0.0528. The minimum absolute atomic E-state index is 0.0779. The number of carbonyl (C=O) groups excluding carboxylic acids is 2. The van der Waals surface area contributed by atoms with Gasteiger partial charge in [-0.3, -0.25) is 4.79 Å². The van der Waals surface area contributed by atoms with Crippen LogP contribution >= 0.6 is 11.3 Å². The molecule has 2 heterocycles. The lowest BCUT2D eigenvalue weighted by Gasteiger charge is -2.13. The molecule has 0 unspecified atom stereocenters. The van der Waals surface area contributed by atoms with Gasteiger partial charge in [-0.15, -0.1) is 11.3 Å². The fourth-order valence-corrected chi connectivity index (χ4v) is 4.88. The average Bonchev–Trinajstić information content (AvgIpc) is 3.43. The molecule has 2 aromatic heterocycles. The number of nitrogens with one attached hydrogen (secondary N) is 1. The summed E-state index contributed by atoms with van der Waals surface area (Å²) < 4.78 is 11.8. The molecule has 1 fully saturated rings. The van der Waals surface area contributed by atoms with E-state index in [9.17, 15) is 9.59 Å². The fraction of sp³-hybridized carbons (Fsp3) is 0.348. The quantitative estimate of drug-likeness (QED) is 0.532. The second kappa shape index (κ2) is 9.34. The summed E-state index contributed by atoms with van der Waals surface area (Å²) in [6.07, 6.45) is 5.85. The Morgan fingerprint density at radius 1 is 1.29 bits per heavy atom. The van der Waals surface area contributed by atoms with Crippen molar-refractivity contribution in [2.75, 3.05) is 12.3 Å². The number of nitrogens with zero attached hydrogens (tertiary/aromatic N) is 1. The predicted octanol–water partition coefficient (Wildman–Crippen LogP) is 4.31. The van der Waals surface area contributed by atoms with Crippen molar-refractivity contribution in [3.05, 3.63) is 52.5 Å². The molecule has 1 aliphatic carbocycles. The molecular weight excluding hydrogens is 414 g/mol. The van der Waals surface area contributed by atoms with Gasteiger partial charge in [0.25, 0.3) is 5.91 Å². The van der Waals surface area contributed by atoms with E-state index in [1.807, 2.05) is 11.4 Å². The summed E-state index contributed by atoms with van der Waals surface area (Å²) in [5, 5.41) is 5.69. The van der Waals surface area contributed by atoms with Crippen LogP contribution in [0.25, 0.3) is 10.1 Å².